The Morgan fingerprint density at radius 1 is 1.10 bits per heavy atom. The van der Waals surface area contributed by atoms with E-state index >= 15 is 0 Å². The molecule has 3 rings (SSSR count). The smallest absolute Gasteiger partial charge is 0.254 e. The number of aliphatic hydroxyl groups is 1. The molecule has 1 saturated heterocycles. The Hall–Kier alpha value is -1.46. The number of aromatic nitrogens is 1. The molecule has 2 fully saturated rings. The fourth-order valence-corrected chi connectivity index (χ4v) is 3.45. The first-order valence-electron chi connectivity index (χ1n) is 7.87. The molecule has 0 spiro atoms. The third-order valence-corrected chi connectivity index (χ3v) is 4.69. The molecule has 2 aliphatic rings. The molecular weight excluding hydrogens is 266 g/mol. The monoisotopic (exact) mass is 289 g/mol. The summed E-state index contributed by atoms with van der Waals surface area (Å²) in [6.45, 7) is 3.20. The summed E-state index contributed by atoms with van der Waals surface area (Å²) in [5.74, 6) is 0.0845. The molecule has 2 heterocycles. The number of carbonyl (C=O) groups excluding carboxylic acids is 1. The molecule has 1 aliphatic heterocycles. The third-order valence-electron chi connectivity index (χ3n) is 4.69. The first-order chi connectivity index (χ1) is 10.3. The maximum absolute atomic E-state index is 12.4. The van der Waals surface area contributed by atoms with Gasteiger partial charge in [0.05, 0.1) is 6.10 Å². The molecular formula is C16H23N3O2. The Kier molecular flexibility index (Phi) is 4.51. The largest absolute Gasteiger partial charge is 0.391 e. The Bertz CT molecular complexity index is 472. The van der Waals surface area contributed by atoms with Gasteiger partial charge in [0.2, 0.25) is 0 Å². The van der Waals surface area contributed by atoms with Crippen molar-refractivity contribution in [1.82, 2.24) is 14.8 Å². The van der Waals surface area contributed by atoms with Gasteiger partial charge in [0.15, 0.2) is 0 Å². The van der Waals surface area contributed by atoms with Crippen LogP contribution in [0.4, 0.5) is 0 Å². The second kappa shape index (κ2) is 6.54. The van der Waals surface area contributed by atoms with Crippen molar-refractivity contribution < 1.29 is 9.90 Å². The average Bonchev–Trinajstić information content (AvgIpc) is 2.56. The highest BCUT2D eigenvalue weighted by Gasteiger charge is 2.31. The van der Waals surface area contributed by atoms with E-state index in [-0.39, 0.29) is 18.1 Å². The van der Waals surface area contributed by atoms with E-state index in [1.165, 1.54) is 6.42 Å². The second-order valence-corrected chi connectivity index (χ2v) is 5.98. The van der Waals surface area contributed by atoms with E-state index in [1.807, 2.05) is 4.90 Å². The number of amides is 1. The third kappa shape index (κ3) is 3.24. The lowest BCUT2D eigenvalue weighted by atomic mass is 9.91. The Morgan fingerprint density at radius 2 is 1.76 bits per heavy atom. The molecule has 5 heteroatoms. The Morgan fingerprint density at radius 3 is 2.43 bits per heavy atom. The molecule has 0 aromatic carbocycles. The summed E-state index contributed by atoms with van der Waals surface area (Å²) < 4.78 is 0. The topological polar surface area (TPSA) is 56.7 Å². The van der Waals surface area contributed by atoms with Crippen LogP contribution in [0.2, 0.25) is 0 Å². The van der Waals surface area contributed by atoms with Gasteiger partial charge in [-0.15, -0.1) is 0 Å². The van der Waals surface area contributed by atoms with E-state index in [4.69, 9.17) is 0 Å². The predicted octanol–water partition coefficient (Wildman–Crippen LogP) is 1.14. The number of carbonyl (C=O) groups is 1. The zero-order chi connectivity index (χ0) is 14.7. The van der Waals surface area contributed by atoms with Crippen LogP contribution in [0.5, 0.6) is 0 Å². The normalized spacial score (nSPS) is 27.6. The standard InChI is InChI=1S/C16H23N3O2/c20-15-4-2-1-3-14(15)18-9-11-19(12-10-18)16(21)13-5-7-17-8-6-13/h5-8,14-15,20H,1-4,9-12H2. The quantitative estimate of drug-likeness (QED) is 0.887. The predicted molar refractivity (Wildman–Crippen MR) is 80.0 cm³/mol. The number of pyridine rings is 1. The molecule has 21 heavy (non-hydrogen) atoms. The molecule has 1 aliphatic carbocycles. The minimum Gasteiger partial charge on any atom is -0.391 e. The molecule has 1 amide bonds. The highest BCUT2D eigenvalue weighted by atomic mass is 16.3. The van der Waals surface area contributed by atoms with Crippen LogP contribution in [0.3, 0.4) is 0 Å². The van der Waals surface area contributed by atoms with E-state index in [0.29, 0.717) is 5.56 Å². The van der Waals surface area contributed by atoms with Gasteiger partial charge in [-0.05, 0) is 25.0 Å². The van der Waals surface area contributed by atoms with Crippen LogP contribution in [0.25, 0.3) is 0 Å². The van der Waals surface area contributed by atoms with Crippen LogP contribution >= 0.6 is 0 Å². The minimum absolute atomic E-state index is 0.0845. The summed E-state index contributed by atoms with van der Waals surface area (Å²) >= 11 is 0. The molecule has 5 nitrogen and oxygen atoms in total. The number of hydrogen-bond donors (Lipinski definition) is 1. The van der Waals surface area contributed by atoms with E-state index in [9.17, 15) is 9.90 Å². The van der Waals surface area contributed by atoms with Gasteiger partial charge in [0, 0.05) is 50.2 Å². The van der Waals surface area contributed by atoms with Crippen molar-refractivity contribution in [1.29, 1.82) is 0 Å². The van der Waals surface area contributed by atoms with Crippen LogP contribution in [0.15, 0.2) is 24.5 Å². The Labute approximate surface area is 125 Å². The molecule has 1 N–H and O–H groups in total. The highest BCUT2D eigenvalue weighted by Crippen LogP contribution is 2.24. The zero-order valence-corrected chi connectivity index (χ0v) is 12.3. The van der Waals surface area contributed by atoms with E-state index in [2.05, 4.69) is 9.88 Å². The summed E-state index contributed by atoms with van der Waals surface area (Å²) in [6, 6.07) is 3.82. The second-order valence-electron chi connectivity index (χ2n) is 5.98. The fourth-order valence-electron chi connectivity index (χ4n) is 3.45. The SMILES string of the molecule is O=C(c1ccncc1)N1CCN(C2CCCCC2O)CC1. The van der Waals surface area contributed by atoms with Gasteiger partial charge in [-0.3, -0.25) is 14.7 Å². The summed E-state index contributed by atoms with van der Waals surface area (Å²) in [7, 11) is 0. The lowest BCUT2D eigenvalue weighted by Gasteiger charge is -2.42. The lowest BCUT2D eigenvalue weighted by Crippen LogP contribution is -2.55. The number of nitrogens with zero attached hydrogens (tertiary/aromatic N) is 3. The van der Waals surface area contributed by atoms with Crippen molar-refractivity contribution in [3.63, 3.8) is 0 Å². The number of rotatable bonds is 2. The summed E-state index contributed by atoms with van der Waals surface area (Å²) in [5, 5.41) is 10.1. The van der Waals surface area contributed by atoms with E-state index < -0.39 is 0 Å². The summed E-state index contributed by atoms with van der Waals surface area (Å²) in [5.41, 5.74) is 0.705. The van der Waals surface area contributed by atoms with E-state index in [1.54, 1.807) is 24.5 Å². The molecule has 2 atom stereocenters. The van der Waals surface area contributed by atoms with Crippen molar-refractivity contribution in [3.05, 3.63) is 30.1 Å². The van der Waals surface area contributed by atoms with Crippen LogP contribution in [0, 0.1) is 0 Å². The minimum atomic E-state index is -0.193. The van der Waals surface area contributed by atoms with Gasteiger partial charge in [-0.2, -0.15) is 0 Å². The van der Waals surface area contributed by atoms with Gasteiger partial charge < -0.3 is 10.0 Å². The number of aliphatic hydroxyl groups excluding tert-OH is 1. The highest BCUT2D eigenvalue weighted by molar-refractivity contribution is 5.94. The Balaban J connectivity index is 1.56. The van der Waals surface area contributed by atoms with E-state index in [0.717, 1.165) is 45.4 Å². The van der Waals surface area contributed by atoms with Gasteiger partial charge >= 0.3 is 0 Å². The first-order valence-corrected chi connectivity index (χ1v) is 7.87. The van der Waals surface area contributed by atoms with Crippen LogP contribution in [-0.2, 0) is 0 Å². The maximum Gasteiger partial charge on any atom is 0.254 e. The lowest BCUT2D eigenvalue weighted by molar-refractivity contribution is -0.00172. The van der Waals surface area contributed by atoms with Crippen LogP contribution in [0.1, 0.15) is 36.0 Å². The van der Waals surface area contributed by atoms with Crippen molar-refractivity contribution in [3.8, 4) is 0 Å². The summed E-state index contributed by atoms with van der Waals surface area (Å²) in [6.07, 6.45) is 7.46. The maximum atomic E-state index is 12.4. The van der Waals surface area contributed by atoms with Gasteiger partial charge in [0.1, 0.15) is 0 Å². The van der Waals surface area contributed by atoms with Crippen LogP contribution < -0.4 is 0 Å². The molecule has 1 aromatic heterocycles. The molecule has 114 valence electrons. The molecule has 0 radical (unpaired) electrons. The van der Waals surface area contributed by atoms with Gasteiger partial charge in [-0.1, -0.05) is 12.8 Å². The van der Waals surface area contributed by atoms with Crippen molar-refractivity contribution in [2.45, 2.75) is 37.8 Å². The van der Waals surface area contributed by atoms with Gasteiger partial charge in [-0.25, -0.2) is 0 Å². The summed E-state index contributed by atoms with van der Waals surface area (Å²) in [4.78, 5) is 20.6. The number of hydrogen-bond acceptors (Lipinski definition) is 4. The average molecular weight is 289 g/mol. The van der Waals surface area contributed by atoms with Gasteiger partial charge in [0.25, 0.3) is 5.91 Å². The molecule has 2 unspecified atom stereocenters. The van der Waals surface area contributed by atoms with Crippen molar-refractivity contribution >= 4 is 5.91 Å². The first kappa shape index (κ1) is 14.5. The molecule has 1 aromatic rings. The molecule has 0 bridgehead atoms. The molecule has 1 saturated carbocycles. The number of piperazine rings is 1. The van der Waals surface area contributed by atoms with Crippen molar-refractivity contribution in [2.24, 2.45) is 0 Å². The zero-order valence-electron chi connectivity index (χ0n) is 12.3. The van der Waals surface area contributed by atoms with Crippen LogP contribution in [-0.4, -0.2) is 64.1 Å². The van der Waals surface area contributed by atoms with Crippen molar-refractivity contribution in [2.75, 3.05) is 26.2 Å². The fraction of sp³-hybridized carbons (Fsp3) is 0.625.